The van der Waals surface area contributed by atoms with Gasteiger partial charge in [-0.3, -0.25) is 0 Å². The van der Waals surface area contributed by atoms with E-state index in [0.29, 0.717) is 5.56 Å². The monoisotopic (exact) mass is 946 g/mol. The summed E-state index contributed by atoms with van der Waals surface area (Å²) < 4.78 is 10.8. The average molecular weight is 947 g/mol. The average Bonchev–Trinajstić information content (AvgIpc) is 4.26. The molecular weight excluding hydrogens is 909 g/mol. The Labute approximate surface area is 421 Å². The molecule has 0 saturated carbocycles. The summed E-state index contributed by atoms with van der Waals surface area (Å²) in [7, 11) is 0. The highest BCUT2D eigenvalue weighted by molar-refractivity contribution is 7.26. The van der Waals surface area contributed by atoms with Gasteiger partial charge in [-0.25, -0.2) is 4.98 Å². The van der Waals surface area contributed by atoms with Crippen LogP contribution in [0.1, 0.15) is 5.56 Å². The fraction of sp³-hybridized carbons (Fsp3) is 0. The predicted octanol–water partition coefficient (Wildman–Crippen LogP) is 17.4. The number of thiophene rings is 1. The van der Waals surface area contributed by atoms with Crippen molar-refractivity contribution in [2.75, 3.05) is 0 Å². The Morgan fingerprint density at radius 3 is 0.959 bits per heavy atom. The summed E-state index contributed by atoms with van der Waals surface area (Å²) in [5.74, 6) is 0. The zero-order chi connectivity index (χ0) is 47.9. The summed E-state index contributed by atoms with van der Waals surface area (Å²) in [4.78, 5) is 5.97. The van der Waals surface area contributed by atoms with Crippen LogP contribution >= 0.6 is 11.3 Å². The molecule has 6 aromatic heterocycles. The number of fused-ring (bicyclic) bond motifs is 15. The molecule has 6 nitrogen and oxygen atoms in total. The lowest BCUT2D eigenvalue weighted by Crippen LogP contribution is -2.16. The van der Waals surface area contributed by atoms with Gasteiger partial charge in [-0.1, -0.05) is 164 Å². The maximum Gasteiger partial charge on any atom is 0.124 e. The third-order valence-corrected chi connectivity index (χ3v) is 16.4. The summed E-state index contributed by atoms with van der Waals surface area (Å²) in [5, 5.41) is 24.0. The van der Waals surface area contributed by atoms with Gasteiger partial charge in [0.2, 0.25) is 0 Å². The number of pyridine rings is 1. The molecule has 16 aromatic rings. The molecule has 0 unspecified atom stereocenters. The first-order valence-corrected chi connectivity index (χ1v) is 25.4. The minimum atomic E-state index is 0.542. The summed E-state index contributed by atoms with van der Waals surface area (Å²) in [5.41, 5.74) is 14.2. The molecule has 16 rings (SSSR count). The van der Waals surface area contributed by atoms with Crippen LogP contribution in [-0.2, 0) is 0 Å². The molecule has 0 bridgehead atoms. The fourth-order valence-corrected chi connectivity index (χ4v) is 13.6. The van der Waals surface area contributed by atoms with Crippen molar-refractivity contribution in [3.63, 3.8) is 0 Å². The Hall–Kier alpha value is -9.74. The third-order valence-electron chi connectivity index (χ3n) is 15.3. The topological polar surface area (TPSA) is 56.4 Å². The molecule has 0 saturated heterocycles. The highest BCUT2D eigenvalue weighted by atomic mass is 32.1. The standard InChI is InChI=1S/C66H38N6S/c67-39-51-61(69-52-30-9-1-19-40(52)41-20-2-10-31-53(41)69)63(71-56-34-13-5-23-44(56)45-24-6-14-35-57(45)71)60(50-28-17-27-48-49-29-18-38-68-66(49)73-65(48)50)64(72-58-36-15-7-25-46(58)47-26-8-16-37-59(47)72)62(51)70-54-32-11-3-21-42(54)43-22-4-12-33-55(43)70/h1-38H. The molecule has 0 N–H and O–H groups in total. The van der Waals surface area contributed by atoms with E-state index in [-0.39, 0.29) is 0 Å². The van der Waals surface area contributed by atoms with Crippen LogP contribution in [0.4, 0.5) is 0 Å². The molecule has 0 aliphatic heterocycles. The van der Waals surface area contributed by atoms with Gasteiger partial charge >= 0.3 is 0 Å². The van der Waals surface area contributed by atoms with E-state index in [9.17, 15) is 5.26 Å². The Kier molecular flexibility index (Phi) is 8.30. The van der Waals surface area contributed by atoms with Crippen LogP contribution in [-0.4, -0.2) is 23.3 Å². The number of rotatable bonds is 5. The molecule has 0 aliphatic carbocycles. The minimum absolute atomic E-state index is 0.542. The van der Waals surface area contributed by atoms with Gasteiger partial charge in [-0.2, -0.15) is 5.26 Å². The lowest BCUT2D eigenvalue weighted by atomic mass is 9.92. The van der Waals surface area contributed by atoms with Crippen molar-refractivity contribution in [1.29, 1.82) is 5.26 Å². The Morgan fingerprint density at radius 1 is 0.315 bits per heavy atom. The Morgan fingerprint density at radius 2 is 0.616 bits per heavy atom. The first-order chi connectivity index (χ1) is 36.3. The SMILES string of the molecule is N#Cc1c(-n2c3ccccc3c3ccccc32)c(-n2c3ccccc3c3ccccc32)c(-c2cccc3c2sc2ncccc23)c(-n2c3ccccc3c3ccccc32)c1-n1c2ccccc2c2ccccc21. The first-order valence-electron chi connectivity index (χ1n) is 24.6. The van der Waals surface area contributed by atoms with Crippen LogP contribution in [0.2, 0.25) is 0 Å². The van der Waals surface area contributed by atoms with Crippen molar-refractivity contribution >= 4 is 119 Å². The molecular formula is C66H38N6S. The van der Waals surface area contributed by atoms with Crippen molar-refractivity contribution in [1.82, 2.24) is 23.3 Å². The van der Waals surface area contributed by atoms with Crippen LogP contribution in [0.3, 0.4) is 0 Å². The van der Waals surface area contributed by atoms with Gasteiger partial charge in [0.05, 0.1) is 66.9 Å². The van der Waals surface area contributed by atoms with Crippen molar-refractivity contribution < 1.29 is 0 Å². The van der Waals surface area contributed by atoms with Gasteiger partial charge in [-0.15, -0.1) is 11.3 Å². The van der Waals surface area contributed by atoms with Crippen LogP contribution in [0, 0.1) is 11.3 Å². The van der Waals surface area contributed by atoms with E-state index in [0.717, 1.165) is 141 Å². The maximum atomic E-state index is 12.8. The molecule has 0 aliphatic rings. The molecule has 0 atom stereocenters. The molecule has 73 heavy (non-hydrogen) atoms. The lowest BCUT2D eigenvalue weighted by Gasteiger charge is -2.29. The second kappa shape index (κ2) is 15.1. The number of hydrogen-bond acceptors (Lipinski definition) is 3. The molecule has 0 fully saturated rings. The quantitative estimate of drug-likeness (QED) is 0.173. The second-order valence-corrected chi connectivity index (χ2v) is 19.9. The van der Waals surface area contributed by atoms with Gasteiger partial charge in [-0.05, 0) is 60.7 Å². The van der Waals surface area contributed by atoms with E-state index in [1.54, 1.807) is 11.3 Å². The van der Waals surface area contributed by atoms with E-state index in [1.807, 2.05) is 12.3 Å². The molecule has 0 radical (unpaired) electrons. The van der Waals surface area contributed by atoms with Crippen LogP contribution in [0.15, 0.2) is 231 Å². The molecule has 0 amide bonds. The molecule has 0 spiro atoms. The van der Waals surface area contributed by atoms with E-state index < -0.39 is 0 Å². The minimum Gasteiger partial charge on any atom is -0.306 e. The van der Waals surface area contributed by atoms with E-state index in [4.69, 9.17) is 4.98 Å². The van der Waals surface area contributed by atoms with Crippen molar-refractivity contribution in [2.45, 2.75) is 0 Å². The van der Waals surface area contributed by atoms with Crippen LogP contribution in [0.5, 0.6) is 0 Å². The number of benzene rings is 10. The summed E-state index contributed by atoms with van der Waals surface area (Å²) >= 11 is 1.73. The van der Waals surface area contributed by atoms with Gasteiger partial charge < -0.3 is 18.3 Å². The number of nitriles is 1. The number of hydrogen-bond donors (Lipinski definition) is 0. The first kappa shape index (κ1) is 40.0. The van der Waals surface area contributed by atoms with Crippen molar-refractivity contribution in [3.05, 3.63) is 236 Å². The molecule has 6 heterocycles. The van der Waals surface area contributed by atoms with Crippen LogP contribution in [0.25, 0.3) is 141 Å². The Bertz CT molecular complexity index is 4600. The van der Waals surface area contributed by atoms with Crippen molar-refractivity contribution in [2.24, 2.45) is 0 Å². The van der Waals surface area contributed by atoms with E-state index in [1.165, 1.54) is 0 Å². The zero-order valence-electron chi connectivity index (χ0n) is 39.0. The van der Waals surface area contributed by atoms with Gasteiger partial charge in [0.15, 0.2) is 0 Å². The summed E-state index contributed by atoms with van der Waals surface area (Å²) in [6.45, 7) is 0. The highest BCUT2D eigenvalue weighted by Gasteiger charge is 2.35. The number of aromatic nitrogens is 5. The second-order valence-electron chi connectivity index (χ2n) is 18.9. The zero-order valence-corrected chi connectivity index (χ0v) is 39.8. The van der Waals surface area contributed by atoms with Gasteiger partial charge in [0.1, 0.15) is 16.5 Å². The summed E-state index contributed by atoms with van der Waals surface area (Å²) in [6.07, 6.45) is 1.90. The lowest BCUT2D eigenvalue weighted by molar-refractivity contribution is 1.04. The maximum absolute atomic E-state index is 12.8. The predicted molar refractivity (Wildman–Crippen MR) is 305 cm³/mol. The number of nitrogens with zero attached hydrogens (tertiary/aromatic N) is 6. The fourth-order valence-electron chi connectivity index (χ4n) is 12.4. The molecule has 10 aromatic carbocycles. The van der Waals surface area contributed by atoms with E-state index >= 15 is 0 Å². The summed E-state index contributed by atoms with van der Waals surface area (Å²) in [6, 6.07) is 83.7. The normalized spacial score (nSPS) is 12.1. The Balaban J connectivity index is 1.29. The number of para-hydroxylation sites is 8. The molecule has 7 heteroatoms. The third kappa shape index (κ3) is 5.37. The van der Waals surface area contributed by atoms with Crippen molar-refractivity contribution in [3.8, 4) is 39.9 Å². The highest BCUT2D eigenvalue weighted by Crippen LogP contribution is 2.53. The largest absolute Gasteiger partial charge is 0.306 e. The van der Waals surface area contributed by atoms with Gasteiger partial charge in [0, 0.05) is 75.9 Å². The van der Waals surface area contributed by atoms with E-state index in [2.05, 4.69) is 243 Å². The molecule has 338 valence electrons. The smallest absolute Gasteiger partial charge is 0.124 e. The van der Waals surface area contributed by atoms with Crippen LogP contribution < -0.4 is 0 Å². The van der Waals surface area contributed by atoms with Gasteiger partial charge in [0.25, 0.3) is 0 Å².